The van der Waals surface area contributed by atoms with Crippen molar-refractivity contribution in [3.05, 3.63) is 0 Å². The van der Waals surface area contributed by atoms with Gasteiger partial charge in [0.05, 0.1) is 0 Å². The van der Waals surface area contributed by atoms with Crippen LogP contribution in [0.25, 0.3) is 0 Å². The Balaban J connectivity index is 2.63. The summed E-state index contributed by atoms with van der Waals surface area (Å²) in [7, 11) is 0. The van der Waals surface area contributed by atoms with Crippen LogP contribution in [0.5, 0.6) is 0 Å². The van der Waals surface area contributed by atoms with Crippen LogP contribution in [-0.4, -0.2) is 5.78 Å². The molecule has 0 N–H and O–H groups in total. The van der Waals surface area contributed by atoms with Crippen molar-refractivity contribution in [2.75, 3.05) is 0 Å². The Morgan fingerprint density at radius 2 is 1.86 bits per heavy atom. The maximum atomic E-state index is 12.0. The molecule has 0 aromatic rings. The Kier molecular flexibility index (Phi) is 3.39. The van der Waals surface area contributed by atoms with E-state index in [0.717, 1.165) is 12.8 Å². The van der Waals surface area contributed by atoms with Gasteiger partial charge in [-0.05, 0) is 30.1 Å². The molecular formula is C13H24O. The molecule has 2 atom stereocenters. The summed E-state index contributed by atoms with van der Waals surface area (Å²) in [6.07, 6.45) is 3.10. The molecule has 0 spiro atoms. The van der Waals surface area contributed by atoms with Crippen LogP contribution in [0.3, 0.4) is 0 Å². The minimum Gasteiger partial charge on any atom is -0.299 e. The van der Waals surface area contributed by atoms with Gasteiger partial charge in [0.1, 0.15) is 5.78 Å². The fraction of sp³-hybridized carbons (Fsp3) is 0.923. The minimum absolute atomic E-state index is 0.254. The lowest BCUT2D eigenvalue weighted by atomic mass is 9.67. The summed E-state index contributed by atoms with van der Waals surface area (Å²) < 4.78 is 0. The summed E-state index contributed by atoms with van der Waals surface area (Å²) in [5.41, 5.74) is 0.254. The second kappa shape index (κ2) is 4.04. The SMILES string of the molecule is CC(C)C(C)C1CCC(C)(C)CC1=O. The lowest BCUT2D eigenvalue weighted by Crippen LogP contribution is -2.35. The fourth-order valence-corrected chi connectivity index (χ4v) is 2.42. The normalized spacial score (nSPS) is 29.3. The summed E-state index contributed by atoms with van der Waals surface area (Å²) in [6.45, 7) is 11.1. The molecule has 14 heavy (non-hydrogen) atoms. The van der Waals surface area contributed by atoms with Gasteiger partial charge in [-0.2, -0.15) is 0 Å². The van der Waals surface area contributed by atoms with E-state index in [1.54, 1.807) is 0 Å². The van der Waals surface area contributed by atoms with Gasteiger partial charge in [-0.1, -0.05) is 34.6 Å². The number of rotatable bonds is 2. The number of hydrogen-bond acceptors (Lipinski definition) is 1. The van der Waals surface area contributed by atoms with Crippen LogP contribution < -0.4 is 0 Å². The quantitative estimate of drug-likeness (QED) is 0.658. The van der Waals surface area contributed by atoms with Crippen LogP contribution in [0.1, 0.15) is 53.9 Å². The van der Waals surface area contributed by atoms with E-state index in [2.05, 4.69) is 34.6 Å². The third-order valence-electron chi connectivity index (χ3n) is 3.88. The molecule has 0 aromatic heterocycles. The highest BCUT2D eigenvalue weighted by atomic mass is 16.1. The van der Waals surface area contributed by atoms with Gasteiger partial charge in [-0.3, -0.25) is 4.79 Å². The molecule has 1 saturated carbocycles. The van der Waals surface area contributed by atoms with Crippen LogP contribution >= 0.6 is 0 Å². The van der Waals surface area contributed by atoms with E-state index >= 15 is 0 Å². The van der Waals surface area contributed by atoms with E-state index in [9.17, 15) is 4.79 Å². The standard InChI is InChI=1S/C13H24O/c1-9(2)10(3)11-6-7-13(4,5)8-12(11)14/h9-11H,6-8H2,1-5H3. The van der Waals surface area contributed by atoms with E-state index in [0.29, 0.717) is 23.5 Å². The molecule has 0 amide bonds. The van der Waals surface area contributed by atoms with Gasteiger partial charge in [-0.15, -0.1) is 0 Å². The van der Waals surface area contributed by atoms with Crippen LogP contribution in [0, 0.1) is 23.2 Å². The maximum absolute atomic E-state index is 12.0. The summed E-state index contributed by atoms with van der Waals surface area (Å²) in [5, 5.41) is 0. The Morgan fingerprint density at radius 1 is 1.29 bits per heavy atom. The van der Waals surface area contributed by atoms with Gasteiger partial charge in [0.15, 0.2) is 0 Å². The number of carbonyl (C=O) groups is 1. The van der Waals surface area contributed by atoms with Gasteiger partial charge >= 0.3 is 0 Å². The van der Waals surface area contributed by atoms with Gasteiger partial charge in [-0.25, -0.2) is 0 Å². The van der Waals surface area contributed by atoms with Crippen molar-refractivity contribution in [2.45, 2.75) is 53.9 Å². The predicted molar refractivity (Wildman–Crippen MR) is 60.1 cm³/mol. The lowest BCUT2D eigenvalue weighted by Gasteiger charge is -2.36. The molecular weight excluding hydrogens is 172 g/mol. The number of ketones is 1. The van der Waals surface area contributed by atoms with E-state index in [4.69, 9.17) is 0 Å². The average Bonchev–Trinajstić information content (AvgIpc) is 2.01. The third-order valence-corrected chi connectivity index (χ3v) is 3.88. The smallest absolute Gasteiger partial charge is 0.136 e. The third kappa shape index (κ3) is 2.59. The van der Waals surface area contributed by atoms with Gasteiger partial charge in [0, 0.05) is 12.3 Å². The first-order valence-electron chi connectivity index (χ1n) is 5.86. The molecule has 1 aliphatic carbocycles. The van der Waals surface area contributed by atoms with Crippen LogP contribution in [-0.2, 0) is 4.79 Å². The summed E-state index contributed by atoms with van der Waals surface area (Å²) in [6, 6.07) is 0. The Labute approximate surface area is 88.3 Å². The second-order valence-corrected chi connectivity index (χ2v) is 6.06. The van der Waals surface area contributed by atoms with Crippen LogP contribution in [0.15, 0.2) is 0 Å². The Hall–Kier alpha value is -0.330. The average molecular weight is 196 g/mol. The first-order valence-corrected chi connectivity index (χ1v) is 5.86. The Morgan fingerprint density at radius 3 is 2.29 bits per heavy atom. The predicted octanol–water partition coefficient (Wildman–Crippen LogP) is 3.67. The van der Waals surface area contributed by atoms with Crippen molar-refractivity contribution in [3.8, 4) is 0 Å². The first-order chi connectivity index (χ1) is 6.33. The molecule has 0 bridgehead atoms. The molecule has 1 fully saturated rings. The molecule has 1 aliphatic rings. The fourth-order valence-electron chi connectivity index (χ4n) is 2.42. The highest BCUT2D eigenvalue weighted by molar-refractivity contribution is 5.82. The molecule has 0 aromatic carbocycles. The maximum Gasteiger partial charge on any atom is 0.136 e. The lowest BCUT2D eigenvalue weighted by molar-refractivity contribution is -0.130. The molecule has 0 aliphatic heterocycles. The Bertz CT molecular complexity index is 215. The van der Waals surface area contributed by atoms with Gasteiger partial charge in [0.25, 0.3) is 0 Å². The van der Waals surface area contributed by atoms with Crippen molar-refractivity contribution in [1.29, 1.82) is 0 Å². The number of Topliss-reactive ketones (excluding diaryl/α,β-unsaturated/α-hetero) is 1. The highest BCUT2D eigenvalue weighted by Crippen LogP contribution is 2.40. The van der Waals surface area contributed by atoms with Crippen molar-refractivity contribution < 1.29 is 4.79 Å². The van der Waals surface area contributed by atoms with E-state index in [1.807, 2.05) is 0 Å². The van der Waals surface area contributed by atoms with Crippen molar-refractivity contribution >= 4 is 5.78 Å². The molecule has 1 rings (SSSR count). The zero-order valence-corrected chi connectivity index (χ0v) is 10.3. The molecule has 0 saturated heterocycles. The van der Waals surface area contributed by atoms with Crippen molar-refractivity contribution in [2.24, 2.45) is 23.2 Å². The molecule has 2 unspecified atom stereocenters. The van der Waals surface area contributed by atoms with Gasteiger partial charge in [0.2, 0.25) is 0 Å². The van der Waals surface area contributed by atoms with E-state index in [1.165, 1.54) is 6.42 Å². The van der Waals surface area contributed by atoms with Crippen molar-refractivity contribution in [1.82, 2.24) is 0 Å². The topological polar surface area (TPSA) is 17.1 Å². The second-order valence-electron chi connectivity index (χ2n) is 6.06. The summed E-state index contributed by atoms with van der Waals surface area (Å²) in [5.74, 6) is 2.02. The van der Waals surface area contributed by atoms with Gasteiger partial charge < -0.3 is 0 Å². The van der Waals surface area contributed by atoms with Crippen molar-refractivity contribution in [3.63, 3.8) is 0 Å². The number of carbonyl (C=O) groups excluding carboxylic acids is 1. The zero-order valence-electron chi connectivity index (χ0n) is 10.3. The van der Waals surface area contributed by atoms with Crippen LogP contribution in [0.2, 0.25) is 0 Å². The van der Waals surface area contributed by atoms with E-state index < -0.39 is 0 Å². The first kappa shape index (κ1) is 11.7. The number of hydrogen-bond donors (Lipinski definition) is 0. The van der Waals surface area contributed by atoms with Crippen LogP contribution in [0.4, 0.5) is 0 Å². The largest absolute Gasteiger partial charge is 0.299 e. The molecule has 0 heterocycles. The molecule has 1 heteroatoms. The minimum atomic E-state index is 0.254. The molecule has 0 radical (unpaired) electrons. The monoisotopic (exact) mass is 196 g/mol. The molecule has 82 valence electrons. The van der Waals surface area contributed by atoms with E-state index in [-0.39, 0.29) is 5.41 Å². The zero-order chi connectivity index (χ0) is 10.9. The summed E-state index contributed by atoms with van der Waals surface area (Å²) >= 11 is 0. The summed E-state index contributed by atoms with van der Waals surface area (Å²) in [4.78, 5) is 12.0. The molecule has 1 nitrogen and oxygen atoms in total. The highest BCUT2D eigenvalue weighted by Gasteiger charge is 2.36.